The van der Waals surface area contributed by atoms with Gasteiger partial charge in [-0.1, -0.05) is 6.07 Å². The standard InChI is InChI=1S/C10H13NO2/c11-5-7-13-10-3-1-2-9-8(10)4-6-12-9/h1-3H,4-7,11H2. The maximum Gasteiger partial charge on any atom is 0.126 e. The van der Waals surface area contributed by atoms with Crippen molar-refractivity contribution in [2.75, 3.05) is 19.8 Å². The number of fused-ring (bicyclic) bond motifs is 1. The van der Waals surface area contributed by atoms with Crippen molar-refractivity contribution in [1.29, 1.82) is 0 Å². The summed E-state index contributed by atoms with van der Waals surface area (Å²) in [5, 5.41) is 0. The molecule has 0 saturated heterocycles. The van der Waals surface area contributed by atoms with Crippen LogP contribution in [0.2, 0.25) is 0 Å². The van der Waals surface area contributed by atoms with Crippen LogP contribution < -0.4 is 15.2 Å². The second-order valence-corrected chi connectivity index (χ2v) is 2.97. The van der Waals surface area contributed by atoms with E-state index in [2.05, 4.69) is 0 Å². The molecule has 0 amide bonds. The fraction of sp³-hybridized carbons (Fsp3) is 0.400. The van der Waals surface area contributed by atoms with E-state index in [9.17, 15) is 0 Å². The molecule has 13 heavy (non-hydrogen) atoms. The van der Waals surface area contributed by atoms with Crippen molar-refractivity contribution in [3.8, 4) is 11.5 Å². The van der Waals surface area contributed by atoms with Crippen LogP contribution in [0.3, 0.4) is 0 Å². The van der Waals surface area contributed by atoms with Gasteiger partial charge in [-0.05, 0) is 12.1 Å². The van der Waals surface area contributed by atoms with Crippen molar-refractivity contribution in [1.82, 2.24) is 0 Å². The molecule has 0 atom stereocenters. The molecular formula is C10H13NO2. The van der Waals surface area contributed by atoms with Gasteiger partial charge in [0.25, 0.3) is 0 Å². The Labute approximate surface area is 77.5 Å². The Bertz CT molecular complexity index is 299. The van der Waals surface area contributed by atoms with E-state index in [1.165, 1.54) is 5.56 Å². The predicted molar refractivity (Wildman–Crippen MR) is 50.2 cm³/mol. The molecule has 1 heterocycles. The highest BCUT2D eigenvalue weighted by Gasteiger charge is 2.15. The Kier molecular flexibility index (Phi) is 2.36. The third-order valence-electron chi connectivity index (χ3n) is 2.08. The van der Waals surface area contributed by atoms with E-state index in [4.69, 9.17) is 15.2 Å². The molecule has 0 saturated carbocycles. The first-order valence-corrected chi connectivity index (χ1v) is 4.49. The van der Waals surface area contributed by atoms with Gasteiger partial charge in [0, 0.05) is 18.5 Å². The summed E-state index contributed by atoms with van der Waals surface area (Å²) in [6, 6.07) is 5.87. The maximum absolute atomic E-state index is 5.49. The van der Waals surface area contributed by atoms with Crippen molar-refractivity contribution in [2.24, 2.45) is 5.73 Å². The minimum atomic E-state index is 0.546. The first-order valence-electron chi connectivity index (χ1n) is 4.49. The highest BCUT2D eigenvalue weighted by molar-refractivity contribution is 5.46. The molecule has 0 aliphatic carbocycles. The largest absolute Gasteiger partial charge is 0.493 e. The van der Waals surface area contributed by atoms with Crippen molar-refractivity contribution in [3.05, 3.63) is 23.8 Å². The van der Waals surface area contributed by atoms with E-state index >= 15 is 0 Å². The number of ether oxygens (including phenoxy) is 2. The summed E-state index contributed by atoms with van der Waals surface area (Å²) in [5.74, 6) is 1.87. The van der Waals surface area contributed by atoms with Crippen LogP contribution in [-0.2, 0) is 6.42 Å². The molecule has 0 fully saturated rings. The molecular weight excluding hydrogens is 166 g/mol. The van der Waals surface area contributed by atoms with E-state index in [0.29, 0.717) is 13.2 Å². The summed E-state index contributed by atoms with van der Waals surface area (Å²) in [6.45, 7) is 1.87. The summed E-state index contributed by atoms with van der Waals surface area (Å²) < 4.78 is 10.9. The third kappa shape index (κ3) is 1.60. The van der Waals surface area contributed by atoms with Gasteiger partial charge >= 0.3 is 0 Å². The fourth-order valence-corrected chi connectivity index (χ4v) is 1.49. The molecule has 0 bridgehead atoms. The molecule has 3 nitrogen and oxygen atoms in total. The molecule has 1 aromatic carbocycles. The Hall–Kier alpha value is -1.22. The average Bonchev–Trinajstić information content (AvgIpc) is 2.62. The molecule has 2 N–H and O–H groups in total. The van der Waals surface area contributed by atoms with Gasteiger partial charge in [0.05, 0.1) is 6.61 Å². The average molecular weight is 179 g/mol. The summed E-state index contributed by atoms with van der Waals surface area (Å²) in [4.78, 5) is 0. The van der Waals surface area contributed by atoms with Crippen molar-refractivity contribution in [3.63, 3.8) is 0 Å². The summed E-state index contributed by atoms with van der Waals surface area (Å²) in [6.07, 6.45) is 0.941. The second kappa shape index (κ2) is 3.66. The summed E-state index contributed by atoms with van der Waals surface area (Å²) >= 11 is 0. The Morgan fingerprint density at radius 2 is 2.38 bits per heavy atom. The van der Waals surface area contributed by atoms with Crippen molar-refractivity contribution in [2.45, 2.75) is 6.42 Å². The lowest BCUT2D eigenvalue weighted by Crippen LogP contribution is -2.11. The minimum absolute atomic E-state index is 0.546. The Morgan fingerprint density at radius 1 is 1.46 bits per heavy atom. The fourth-order valence-electron chi connectivity index (χ4n) is 1.49. The number of hydrogen-bond donors (Lipinski definition) is 1. The zero-order valence-corrected chi connectivity index (χ0v) is 7.45. The molecule has 1 aliphatic rings. The molecule has 0 aromatic heterocycles. The monoisotopic (exact) mass is 179 g/mol. The third-order valence-corrected chi connectivity index (χ3v) is 2.08. The lowest BCUT2D eigenvalue weighted by Gasteiger charge is -2.07. The molecule has 3 heteroatoms. The van der Waals surface area contributed by atoms with E-state index in [1.54, 1.807) is 0 Å². The van der Waals surface area contributed by atoms with Crippen LogP contribution in [0.25, 0.3) is 0 Å². The number of rotatable bonds is 3. The molecule has 1 aliphatic heterocycles. The van der Waals surface area contributed by atoms with Gasteiger partial charge in [-0.3, -0.25) is 0 Å². The van der Waals surface area contributed by atoms with Gasteiger partial charge in [-0.2, -0.15) is 0 Å². The Morgan fingerprint density at radius 3 is 3.23 bits per heavy atom. The van der Waals surface area contributed by atoms with Crippen LogP contribution >= 0.6 is 0 Å². The molecule has 0 unspecified atom stereocenters. The summed E-state index contributed by atoms with van der Waals surface area (Å²) in [7, 11) is 0. The van der Waals surface area contributed by atoms with Crippen LogP contribution in [0.4, 0.5) is 0 Å². The topological polar surface area (TPSA) is 44.5 Å². The van der Waals surface area contributed by atoms with Gasteiger partial charge in [0.1, 0.15) is 18.1 Å². The summed E-state index contributed by atoms with van der Waals surface area (Å²) in [5.41, 5.74) is 6.54. The zero-order chi connectivity index (χ0) is 9.10. The number of hydrogen-bond acceptors (Lipinski definition) is 3. The maximum atomic E-state index is 5.49. The lowest BCUT2D eigenvalue weighted by molar-refractivity contribution is 0.325. The molecule has 2 rings (SSSR count). The van der Waals surface area contributed by atoms with E-state index < -0.39 is 0 Å². The van der Waals surface area contributed by atoms with Gasteiger partial charge in [-0.25, -0.2) is 0 Å². The van der Waals surface area contributed by atoms with Crippen molar-refractivity contribution >= 4 is 0 Å². The van der Waals surface area contributed by atoms with Crippen molar-refractivity contribution < 1.29 is 9.47 Å². The lowest BCUT2D eigenvalue weighted by atomic mass is 10.1. The van der Waals surface area contributed by atoms with Gasteiger partial charge in [0.15, 0.2) is 0 Å². The normalized spacial score (nSPS) is 13.6. The van der Waals surface area contributed by atoms with Crippen LogP contribution in [0, 0.1) is 0 Å². The molecule has 70 valence electrons. The molecule has 0 spiro atoms. The van der Waals surface area contributed by atoms with Crippen LogP contribution in [0.5, 0.6) is 11.5 Å². The van der Waals surface area contributed by atoms with Crippen LogP contribution in [0.1, 0.15) is 5.56 Å². The minimum Gasteiger partial charge on any atom is -0.493 e. The second-order valence-electron chi connectivity index (χ2n) is 2.97. The highest BCUT2D eigenvalue weighted by Crippen LogP contribution is 2.32. The van der Waals surface area contributed by atoms with Gasteiger partial charge in [-0.15, -0.1) is 0 Å². The first kappa shape index (κ1) is 8.38. The van der Waals surface area contributed by atoms with E-state index in [1.807, 2.05) is 18.2 Å². The Balaban J connectivity index is 2.20. The SMILES string of the molecule is NCCOc1cccc2c1CCO2. The van der Waals surface area contributed by atoms with Gasteiger partial charge in [0.2, 0.25) is 0 Å². The predicted octanol–water partition coefficient (Wildman–Crippen LogP) is 0.959. The molecule has 1 aromatic rings. The van der Waals surface area contributed by atoms with Crippen LogP contribution in [0.15, 0.2) is 18.2 Å². The number of benzene rings is 1. The quantitative estimate of drug-likeness (QED) is 0.751. The zero-order valence-electron chi connectivity index (χ0n) is 7.45. The highest BCUT2D eigenvalue weighted by atomic mass is 16.5. The molecule has 0 radical (unpaired) electrons. The number of nitrogens with two attached hydrogens (primary N) is 1. The first-order chi connectivity index (χ1) is 6.42. The smallest absolute Gasteiger partial charge is 0.126 e. The van der Waals surface area contributed by atoms with Crippen LogP contribution in [-0.4, -0.2) is 19.8 Å². The van der Waals surface area contributed by atoms with E-state index in [-0.39, 0.29) is 0 Å². The van der Waals surface area contributed by atoms with E-state index in [0.717, 1.165) is 24.5 Å². The van der Waals surface area contributed by atoms with Gasteiger partial charge < -0.3 is 15.2 Å².